The van der Waals surface area contributed by atoms with Crippen molar-refractivity contribution in [2.24, 2.45) is 0 Å². The Balaban J connectivity index is 2.55. The highest BCUT2D eigenvalue weighted by Gasteiger charge is 2.04. The number of rotatable bonds is 2. The topological polar surface area (TPSA) is 34.1 Å². The predicted molar refractivity (Wildman–Crippen MR) is 57.5 cm³/mol. The van der Waals surface area contributed by atoms with Crippen molar-refractivity contribution in [1.82, 2.24) is 4.98 Å². The van der Waals surface area contributed by atoms with Crippen LogP contribution in [0.15, 0.2) is 23.1 Å². The lowest BCUT2D eigenvalue weighted by Crippen LogP contribution is -1.93. The van der Waals surface area contributed by atoms with Gasteiger partial charge in [-0.3, -0.25) is 4.84 Å². The van der Waals surface area contributed by atoms with E-state index in [4.69, 9.17) is 4.84 Å². The van der Waals surface area contributed by atoms with Crippen LogP contribution in [0.3, 0.4) is 0 Å². The van der Waals surface area contributed by atoms with Crippen molar-refractivity contribution >= 4 is 39.3 Å². The molecule has 0 unspecified atom stereocenters. The molecule has 1 aromatic carbocycles. The molecule has 0 aliphatic carbocycles. The average molecular weight is 212 g/mol. The van der Waals surface area contributed by atoms with Gasteiger partial charge in [-0.2, -0.15) is 0 Å². The Kier molecular flexibility index (Phi) is 2.39. The van der Waals surface area contributed by atoms with Crippen molar-refractivity contribution in [1.29, 1.82) is 0 Å². The summed E-state index contributed by atoms with van der Waals surface area (Å²) in [5.74, 6) is 0. The van der Waals surface area contributed by atoms with Crippen LogP contribution in [-0.4, -0.2) is 12.1 Å². The lowest BCUT2D eigenvalue weighted by molar-refractivity contribution is 0.271. The lowest BCUT2D eigenvalue weighted by Gasteiger charge is -1.93. The summed E-state index contributed by atoms with van der Waals surface area (Å²) in [5.41, 5.74) is 3.61. The number of hydrogen-bond acceptors (Lipinski definition) is 5. The van der Waals surface area contributed by atoms with Gasteiger partial charge in [0.1, 0.15) is 0 Å². The number of anilines is 1. The summed E-state index contributed by atoms with van der Waals surface area (Å²) in [7, 11) is 1.56. The molecule has 1 N–H and O–H groups in total. The summed E-state index contributed by atoms with van der Waals surface area (Å²) in [5, 5.41) is 0.749. The Hall–Kier alpha value is -0.780. The number of para-hydroxylation sites is 1. The molecule has 0 fully saturated rings. The molecule has 1 heterocycles. The zero-order chi connectivity index (χ0) is 9.26. The fourth-order valence-corrected chi connectivity index (χ4v) is 2.27. The Morgan fingerprint density at radius 3 is 3.08 bits per heavy atom. The van der Waals surface area contributed by atoms with Crippen molar-refractivity contribution in [3.05, 3.63) is 18.2 Å². The van der Waals surface area contributed by atoms with Crippen LogP contribution in [0.1, 0.15) is 0 Å². The van der Waals surface area contributed by atoms with Crippen LogP contribution >= 0.6 is 24.0 Å². The summed E-state index contributed by atoms with van der Waals surface area (Å²) in [6.45, 7) is 0. The number of fused-ring (bicyclic) bond motifs is 1. The van der Waals surface area contributed by atoms with E-state index in [-0.39, 0.29) is 0 Å². The first kappa shape index (κ1) is 8.80. The van der Waals surface area contributed by atoms with Gasteiger partial charge in [0, 0.05) is 4.90 Å². The summed E-state index contributed by atoms with van der Waals surface area (Å²) in [4.78, 5) is 9.97. The monoisotopic (exact) mass is 212 g/mol. The maximum Gasteiger partial charge on any atom is 0.208 e. The third kappa shape index (κ3) is 1.63. The predicted octanol–water partition coefficient (Wildman–Crippen LogP) is 2.56. The summed E-state index contributed by atoms with van der Waals surface area (Å²) >= 11 is 5.85. The Labute approximate surface area is 85.1 Å². The molecule has 0 saturated carbocycles. The molecule has 0 aliphatic rings. The molecule has 0 aliphatic heterocycles. The number of aromatic nitrogens is 1. The molecule has 1 aromatic heterocycles. The molecule has 0 saturated heterocycles. The number of hydrogen-bond donors (Lipinski definition) is 2. The Morgan fingerprint density at radius 1 is 1.54 bits per heavy atom. The fraction of sp³-hybridized carbons (Fsp3) is 0.125. The van der Waals surface area contributed by atoms with Crippen molar-refractivity contribution in [2.75, 3.05) is 12.6 Å². The summed E-state index contributed by atoms with van der Waals surface area (Å²) in [6.07, 6.45) is 0. The van der Waals surface area contributed by atoms with Gasteiger partial charge in [0.25, 0.3) is 0 Å². The Bertz CT molecular complexity index is 427. The fourth-order valence-electron chi connectivity index (χ4n) is 1.06. The van der Waals surface area contributed by atoms with Crippen LogP contribution in [0, 0.1) is 0 Å². The summed E-state index contributed by atoms with van der Waals surface area (Å²) in [6, 6.07) is 5.88. The second-order valence-corrected chi connectivity index (χ2v) is 3.96. The van der Waals surface area contributed by atoms with E-state index in [9.17, 15) is 0 Å². The minimum absolute atomic E-state index is 0.749. The second kappa shape index (κ2) is 3.53. The van der Waals surface area contributed by atoms with E-state index >= 15 is 0 Å². The molecule has 0 radical (unpaired) electrons. The number of nitrogens with one attached hydrogen (secondary N) is 1. The SMILES string of the molecule is CONc1nc2c(S)cccc2s1. The van der Waals surface area contributed by atoms with E-state index in [1.807, 2.05) is 18.2 Å². The second-order valence-electron chi connectivity index (χ2n) is 2.45. The van der Waals surface area contributed by atoms with Gasteiger partial charge in [0.05, 0.1) is 17.3 Å². The van der Waals surface area contributed by atoms with Gasteiger partial charge in [-0.1, -0.05) is 17.4 Å². The molecule has 13 heavy (non-hydrogen) atoms. The molecular weight excluding hydrogens is 204 g/mol. The standard InChI is InChI=1S/C8H8N2OS2/c1-11-10-8-9-7-5(12)3-2-4-6(7)13-8/h2-4,12H,1H3,(H,9,10). The van der Waals surface area contributed by atoms with Crippen LogP contribution in [0.25, 0.3) is 10.2 Å². The first-order valence-electron chi connectivity index (χ1n) is 3.69. The molecule has 5 heteroatoms. The minimum atomic E-state index is 0.749. The van der Waals surface area contributed by atoms with E-state index in [1.165, 1.54) is 11.3 Å². The van der Waals surface area contributed by atoms with Crippen LogP contribution in [0.2, 0.25) is 0 Å². The largest absolute Gasteiger partial charge is 0.277 e. The molecule has 0 spiro atoms. The Morgan fingerprint density at radius 2 is 2.38 bits per heavy atom. The number of benzene rings is 1. The number of thiol groups is 1. The molecule has 68 valence electrons. The molecule has 0 atom stereocenters. The van der Waals surface area contributed by atoms with Gasteiger partial charge < -0.3 is 0 Å². The third-order valence-corrected chi connectivity index (χ3v) is 2.87. The molecule has 2 aromatic rings. The molecule has 3 nitrogen and oxygen atoms in total. The van der Waals surface area contributed by atoms with E-state index in [2.05, 4.69) is 23.1 Å². The molecule has 2 rings (SSSR count). The quantitative estimate of drug-likeness (QED) is 0.593. The van der Waals surface area contributed by atoms with E-state index in [0.717, 1.165) is 20.2 Å². The zero-order valence-corrected chi connectivity index (χ0v) is 8.65. The van der Waals surface area contributed by atoms with Gasteiger partial charge in [0.2, 0.25) is 5.13 Å². The first-order chi connectivity index (χ1) is 6.31. The van der Waals surface area contributed by atoms with Crippen molar-refractivity contribution in [3.63, 3.8) is 0 Å². The van der Waals surface area contributed by atoms with Crippen molar-refractivity contribution < 1.29 is 4.84 Å². The molecule has 0 amide bonds. The maximum absolute atomic E-state index is 4.77. The highest BCUT2D eigenvalue weighted by molar-refractivity contribution is 7.80. The van der Waals surface area contributed by atoms with E-state index < -0.39 is 0 Å². The van der Waals surface area contributed by atoms with Crippen LogP contribution < -0.4 is 5.48 Å². The van der Waals surface area contributed by atoms with Gasteiger partial charge in [0.15, 0.2) is 0 Å². The van der Waals surface area contributed by atoms with Gasteiger partial charge in [-0.05, 0) is 12.1 Å². The highest BCUT2D eigenvalue weighted by Crippen LogP contribution is 2.29. The van der Waals surface area contributed by atoms with Gasteiger partial charge >= 0.3 is 0 Å². The highest BCUT2D eigenvalue weighted by atomic mass is 32.1. The van der Waals surface area contributed by atoms with Crippen LogP contribution in [-0.2, 0) is 4.84 Å². The van der Waals surface area contributed by atoms with Gasteiger partial charge in [-0.25, -0.2) is 10.5 Å². The normalized spacial score (nSPS) is 10.6. The lowest BCUT2D eigenvalue weighted by atomic mass is 10.3. The van der Waals surface area contributed by atoms with Crippen LogP contribution in [0.5, 0.6) is 0 Å². The summed E-state index contributed by atoms with van der Waals surface area (Å²) < 4.78 is 1.10. The molecular formula is C8H8N2OS2. The zero-order valence-electron chi connectivity index (χ0n) is 6.94. The van der Waals surface area contributed by atoms with Crippen molar-refractivity contribution in [2.45, 2.75) is 4.90 Å². The van der Waals surface area contributed by atoms with Crippen molar-refractivity contribution in [3.8, 4) is 0 Å². The number of nitrogens with zero attached hydrogens (tertiary/aromatic N) is 1. The van der Waals surface area contributed by atoms with Gasteiger partial charge in [-0.15, -0.1) is 12.6 Å². The third-order valence-electron chi connectivity index (χ3n) is 1.59. The molecule has 0 bridgehead atoms. The maximum atomic E-state index is 4.77. The van der Waals surface area contributed by atoms with Crippen LogP contribution in [0.4, 0.5) is 5.13 Å². The number of thiazole rings is 1. The van der Waals surface area contributed by atoms with E-state index in [1.54, 1.807) is 7.11 Å². The van der Waals surface area contributed by atoms with E-state index in [0.29, 0.717) is 0 Å². The average Bonchev–Trinajstić information content (AvgIpc) is 2.49. The smallest absolute Gasteiger partial charge is 0.208 e. The first-order valence-corrected chi connectivity index (χ1v) is 4.95. The minimum Gasteiger partial charge on any atom is -0.277 e.